The molecule has 0 bridgehead atoms. The topological polar surface area (TPSA) is 83.5 Å². The number of aryl methyl sites for hydroxylation is 1. The van der Waals surface area contributed by atoms with Crippen molar-refractivity contribution in [3.05, 3.63) is 29.3 Å². The van der Waals surface area contributed by atoms with Crippen LogP contribution in [0.2, 0.25) is 0 Å². The fraction of sp³-hybridized carbons (Fsp3) is 0.417. The SMILES string of the molecule is Cc1ccc(NS(=O)(=O)CC(C)C)cc1C(=O)O. The molecule has 2 N–H and O–H groups in total. The van der Waals surface area contributed by atoms with E-state index in [1.807, 2.05) is 0 Å². The fourth-order valence-electron chi connectivity index (χ4n) is 1.58. The standard InChI is InChI=1S/C12H17NO4S/c1-8(2)7-18(16,17)13-10-5-4-9(3)11(6-10)12(14)15/h4-6,8,13H,7H2,1-3H3,(H,14,15). The molecule has 5 nitrogen and oxygen atoms in total. The summed E-state index contributed by atoms with van der Waals surface area (Å²) in [6.07, 6.45) is 0. The maximum absolute atomic E-state index is 11.7. The Kier molecular flexibility index (Phi) is 4.34. The minimum atomic E-state index is -3.43. The van der Waals surface area contributed by atoms with E-state index in [1.54, 1.807) is 32.9 Å². The Bertz CT molecular complexity index is 549. The molecular weight excluding hydrogens is 254 g/mol. The molecule has 0 radical (unpaired) electrons. The number of carbonyl (C=O) groups is 1. The second-order valence-corrected chi connectivity index (χ2v) is 6.38. The minimum Gasteiger partial charge on any atom is -0.478 e. The van der Waals surface area contributed by atoms with Crippen molar-refractivity contribution in [2.24, 2.45) is 5.92 Å². The van der Waals surface area contributed by atoms with E-state index < -0.39 is 16.0 Å². The van der Waals surface area contributed by atoms with E-state index in [9.17, 15) is 13.2 Å². The minimum absolute atomic E-state index is 0.00326. The number of hydrogen-bond donors (Lipinski definition) is 2. The van der Waals surface area contributed by atoms with E-state index in [0.29, 0.717) is 5.56 Å². The second-order valence-electron chi connectivity index (χ2n) is 4.61. The van der Waals surface area contributed by atoms with Crippen LogP contribution < -0.4 is 4.72 Å². The van der Waals surface area contributed by atoms with Crippen LogP contribution in [0.3, 0.4) is 0 Å². The zero-order valence-electron chi connectivity index (χ0n) is 10.6. The summed E-state index contributed by atoms with van der Waals surface area (Å²) in [6, 6.07) is 4.46. The Morgan fingerprint density at radius 3 is 2.50 bits per heavy atom. The van der Waals surface area contributed by atoms with Gasteiger partial charge in [-0.3, -0.25) is 4.72 Å². The first-order valence-corrected chi connectivity index (χ1v) is 7.21. The van der Waals surface area contributed by atoms with E-state index in [-0.39, 0.29) is 22.9 Å². The summed E-state index contributed by atoms with van der Waals surface area (Å²) in [4.78, 5) is 10.9. The summed E-state index contributed by atoms with van der Waals surface area (Å²) < 4.78 is 25.8. The number of nitrogens with one attached hydrogen (secondary N) is 1. The number of carboxylic acids is 1. The largest absolute Gasteiger partial charge is 0.478 e. The molecule has 0 unspecified atom stereocenters. The third kappa shape index (κ3) is 4.03. The van der Waals surface area contributed by atoms with E-state index in [0.717, 1.165) is 0 Å². The molecule has 0 atom stereocenters. The molecule has 1 aromatic carbocycles. The summed E-state index contributed by atoms with van der Waals surface area (Å²) in [7, 11) is -3.43. The van der Waals surface area contributed by atoms with E-state index in [4.69, 9.17) is 5.11 Å². The zero-order chi connectivity index (χ0) is 13.9. The first-order valence-electron chi connectivity index (χ1n) is 5.55. The second kappa shape index (κ2) is 5.39. The predicted octanol–water partition coefficient (Wildman–Crippen LogP) is 2.09. The normalized spacial score (nSPS) is 11.6. The van der Waals surface area contributed by atoms with E-state index in [1.165, 1.54) is 6.07 Å². The van der Waals surface area contributed by atoms with Gasteiger partial charge in [-0.15, -0.1) is 0 Å². The quantitative estimate of drug-likeness (QED) is 0.859. The number of benzene rings is 1. The highest BCUT2D eigenvalue weighted by Gasteiger charge is 2.14. The lowest BCUT2D eigenvalue weighted by Crippen LogP contribution is -2.20. The molecule has 0 heterocycles. The van der Waals surface area contributed by atoms with Gasteiger partial charge in [0.2, 0.25) is 10.0 Å². The molecule has 0 saturated heterocycles. The van der Waals surface area contributed by atoms with Gasteiger partial charge in [0, 0.05) is 5.69 Å². The van der Waals surface area contributed by atoms with E-state index in [2.05, 4.69) is 4.72 Å². The van der Waals surface area contributed by atoms with Crippen LogP contribution in [0.1, 0.15) is 29.8 Å². The molecule has 1 aromatic rings. The van der Waals surface area contributed by atoms with Crippen LogP contribution in [0, 0.1) is 12.8 Å². The van der Waals surface area contributed by atoms with Crippen LogP contribution in [0.15, 0.2) is 18.2 Å². The zero-order valence-corrected chi connectivity index (χ0v) is 11.4. The number of aromatic carboxylic acids is 1. The smallest absolute Gasteiger partial charge is 0.336 e. The summed E-state index contributed by atoms with van der Waals surface area (Å²) in [5.41, 5.74) is 0.965. The predicted molar refractivity (Wildman–Crippen MR) is 70.4 cm³/mol. The third-order valence-electron chi connectivity index (χ3n) is 2.29. The van der Waals surface area contributed by atoms with Gasteiger partial charge in [0.25, 0.3) is 0 Å². The van der Waals surface area contributed by atoms with Crippen molar-refractivity contribution in [2.45, 2.75) is 20.8 Å². The van der Waals surface area contributed by atoms with Crippen LogP contribution >= 0.6 is 0 Å². The van der Waals surface area contributed by atoms with Crippen LogP contribution in [0.25, 0.3) is 0 Å². The molecule has 0 saturated carbocycles. The fourth-order valence-corrected chi connectivity index (χ4v) is 3.02. The van der Waals surface area contributed by atoms with Gasteiger partial charge in [-0.2, -0.15) is 0 Å². The Balaban J connectivity index is 2.99. The Hall–Kier alpha value is -1.56. The molecule has 0 aliphatic carbocycles. The highest BCUT2D eigenvalue weighted by atomic mass is 32.2. The van der Waals surface area contributed by atoms with Gasteiger partial charge in [0.1, 0.15) is 0 Å². The van der Waals surface area contributed by atoms with Crippen molar-refractivity contribution in [2.75, 3.05) is 10.5 Å². The maximum atomic E-state index is 11.7. The van der Waals surface area contributed by atoms with Gasteiger partial charge < -0.3 is 5.11 Å². The van der Waals surface area contributed by atoms with Crippen molar-refractivity contribution >= 4 is 21.7 Å². The Morgan fingerprint density at radius 2 is 2.00 bits per heavy atom. The number of anilines is 1. The summed E-state index contributed by atoms with van der Waals surface area (Å²) in [5, 5.41) is 8.96. The van der Waals surface area contributed by atoms with Crippen molar-refractivity contribution in [3.8, 4) is 0 Å². The summed E-state index contributed by atoms with van der Waals surface area (Å²) >= 11 is 0. The van der Waals surface area contributed by atoms with Crippen LogP contribution in [0.4, 0.5) is 5.69 Å². The average molecular weight is 271 g/mol. The highest BCUT2D eigenvalue weighted by Crippen LogP contribution is 2.17. The molecule has 1 rings (SSSR count). The number of sulfonamides is 1. The van der Waals surface area contributed by atoms with Crippen LogP contribution in [0.5, 0.6) is 0 Å². The first-order chi connectivity index (χ1) is 8.21. The maximum Gasteiger partial charge on any atom is 0.336 e. The number of carboxylic acid groups (broad SMARTS) is 1. The molecule has 100 valence electrons. The number of rotatable bonds is 5. The van der Waals surface area contributed by atoms with Gasteiger partial charge in [-0.1, -0.05) is 19.9 Å². The molecule has 0 fully saturated rings. The molecule has 0 aromatic heterocycles. The van der Waals surface area contributed by atoms with Gasteiger partial charge in [0.15, 0.2) is 0 Å². The van der Waals surface area contributed by atoms with Gasteiger partial charge >= 0.3 is 5.97 Å². The molecule has 0 amide bonds. The highest BCUT2D eigenvalue weighted by molar-refractivity contribution is 7.92. The Morgan fingerprint density at radius 1 is 1.39 bits per heavy atom. The lowest BCUT2D eigenvalue weighted by Gasteiger charge is -2.11. The lowest BCUT2D eigenvalue weighted by atomic mass is 10.1. The van der Waals surface area contributed by atoms with Crippen molar-refractivity contribution in [3.63, 3.8) is 0 Å². The molecule has 0 aliphatic heterocycles. The average Bonchev–Trinajstić information content (AvgIpc) is 2.18. The van der Waals surface area contributed by atoms with E-state index >= 15 is 0 Å². The molecule has 6 heteroatoms. The van der Waals surface area contributed by atoms with Crippen molar-refractivity contribution in [1.29, 1.82) is 0 Å². The Labute approximate surface area is 107 Å². The first kappa shape index (κ1) is 14.5. The molecular formula is C12H17NO4S. The van der Waals surface area contributed by atoms with Gasteiger partial charge in [-0.25, -0.2) is 13.2 Å². The lowest BCUT2D eigenvalue weighted by molar-refractivity contribution is 0.0696. The van der Waals surface area contributed by atoms with Gasteiger partial charge in [0.05, 0.1) is 11.3 Å². The molecule has 0 spiro atoms. The van der Waals surface area contributed by atoms with Crippen molar-refractivity contribution in [1.82, 2.24) is 0 Å². The van der Waals surface area contributed by atoms with Gasteiger partial charge in [-0.05, 0) is 30.5 Å². The summed E-state index contributed by atoms with van der Waals surface area (Å²) in [6.45, 7) is 5.27. The molecule has 0 aliphatic rings. The van der Waals surface area contributed by atoms with Crippen LogP contribution in [-0.2, 0) is 10.0 Å². The monoisotopic (exact) mass is 271 g/mol. The summed E-state index contributed by atoms with van der Waals surface area (Å²) in [5.74, 6) is -1.06. The molecule has 18 heavy (non-hydrogen) atoms. The third-order valence-corrected chi connectivity index (χ3v) is 3.95. The van der Waals surface area contributed by atoms with Crippen LogP contribution in [-0.4, -0.2) is 25.2 Å². The number of hydrogen-bond acceptors (Lipinski definition) is 3. The van der Waals surface area contributed by atoms with Crippen molar-refractivity contribution < 1.29 is 18.3 Å².